The number of hydrogen-bond donors (Lipinski definition) is 1. The smallest absolute Gasteiger partial charge is 0.322 e. The lowest BCUT2D eigenvalue weighted by Crippen LogP contribution is -2.31. The molecule has 76 valence electrons. The Kier molecular flexibility index (Phi) is 3.72. The van der Waals surface area contributed by atoms with E-state index < -0.39 is 6.04 Å². The minimum atomic E-state index is -0.425. The van der Waals surface area contributed by atoms with Crippen molar-refractivity contribution in [3.63, 3.8) is 0 Å². The van der Waals surface area contributed by atoms with Gasteiger partial charge < -0.3 is 10.5 Å². The zero-order valence-corrected chi connectivity index (χ0v) is 8.45. The molecule has 1 aliphatic rings. The molecule has 0 aromatic heterocycles. The monoisotopic (exact) mass is 185 g/mol. The lowest BCUT2D eigenvalue weighted by atomic mass is 9.97. The highest BCUT2D eigenvalue weighted by Crippen LogP contribution is 2.38. The van der Waals surface area contributed by atoms with Gasteiger partial charge in [0, 0.05) is 0 Å². The number of ether oxygens (including phenoxy) is 1. The minimum absolute atomic E-state index is 0.289. The molecule has 1 fully saturated rings. The Bertz CT molecular complexity index is 178. The lowest BCUT2D eigenvalue weighted by Gasteiger charge is -2.12. The predicted molar refractivity (Wildman–Crippen MR) is 51.1 cm³/mol. The normalized spacial score (nSPS) is 20.8. The molecule has 0 bridgehead atoms. The summed E-state index contributed by atoms with van der Waals surface area (Å²) < 4.78 is 4.56. The molecule has 2 unspecified atom stereocenters. The second-order valence-corrected chi connectivity index (χ2v) is 4.02. The summed E-state index contributed by atoms with van der Waals surface area (Å²) in [4.78, 5) is 11.0. The summed E-state index contributed by atoms with van der Waals surface area (Å²) in [5.41, 5.74) is 5.62. The Morgan fingerprint density at radius 3 is 2.62 bits per heavy atom. The first kappa shape index (κ1) is 10.5. The molecule has 2 atom stereocenters. The third-order valence-electron chi connectivity index (χ3n) is 2.86. The van der Waals surface area contributed by atoms with Crippen LogP contribution in [0.2, 0.25) is 0 Å². The predicted octanol–water partition coefficient (Wildman–Crippen LogP) is 1.31. The zero-order chi connectivity index (χ0) is 9.84. The highest BCUT2D eigenvalue weighted by Gasteiger charge is 2.28. The van der Waals surface area contributed by atoms with E-state index >= 15 is 0 Å². The van der Waals surface area contributed by atoms with Crippen molar-refractivity contribution >= 4 is 5.97 Å². The summed E-state index contributed by atoms with van der Waals surface area (Å²) in [6.45, 7) is 2.24. The van der Waals surface area contributed by atoms with Gasteiger partial charge in [0.2, 0.25) is 0 Å². The zero-order valence-electron chi connectivity index (χ0n) is 8.45. The van der Waals surface area contributed by atoms with Gasteiger partial charge in [-0.1, -0.05) is 6.92 Å². The summed E-state index contributed by atoms with van der Waals surface area (Å²) in [5, 5.41) is 0. The van der Waals surface area contributed by atoms with Crippen LogP contribution in [0.5, 0.6) is 0 Å². The van der Waals surface area contributed by atoms with Crippen LogP contribution in [-0.2, 0) is 9.53 Å². The van der Waals surface area contributed by atoms with Gasteiger partial charge in [-0.25, -0.2) is 0 Å². The van der Waals surface area contributed by atoms with E-state index in [0.717, 1.165) is 24.7 Å². The van der Waals surface area contributed by atoms with Crippen molar-refractivity contribution in [1.29, 1.82) is 0 Å². The number of carbonyl (C=O) groups excluding carboxylic acids is 1. The first-order valence-corrected chi connectivity index (χ1v) is 4.98. The molecule has 0 heterocycles. The van der Waals surface area contributed by atoms with Gasteiger partial charge in [0.1, 0.15) is 6.04 Å². The number of methoxy groups -OCH3 is 1. The standard InChI is InChI=1S/C10H19NO2/c1-7(8-4-5-8)3-6-9(11)10(12)13-2/h7-9H,3-6,11H2,1-2H3. The Balaban J connectivity index is 2.13. The van der Waals surface area contributed by atoms with E-state index in [-0.39, 0.29) is 5.97 Å². The van der Waals surface area contributed by atoms with Gasteiger partial charge in [-0.3, -0.25) is 4.79 Å². The van der Waals surface area contributed by atoms with Crippen LogP contribution in [-0.4, -0.2) is 19.1 Å². The summed E-state index contributed by atoms with van der Waals surface area (Å²) in [7, 11) is 1.38. The summed E-state index contributed by atoms with van der Waals surface area (Å²) in [6, 6.07) is -0.425. The van der Waals surface area contributed by atoms with E-state index in [1.165, 1.54) is 20.0 Å². The Hall–Kier alpha value is -0.570. The van der Waals surface area contributed by atoms with Crippen molar-refractivity contribution < 1.29 is 9.53 Å². The maximum atomic E-state index is 11.0. The molecule has 2 N–H and O–H groups in total. The second-order valence-electron chi connectivity index (χ2n) is 4.02. The van der Waals surface area contributed by atoms with E-state index in [4.69, 9.17) is 5.73 Å². The molecular weight excluding hydrogens is 166 g/mol. The molecular formula is C10H19NO2. The topological polar surface area (TPSA) is 52.3 Å². The molecule has 0 aromatic rings. The highest BCUT2D eigenvalue weighted by atomic mass is 16.5. The van der Waals surface area contributed by atoms with Gasteiger partial charge >= 0.3 is 5.97 Å². The maximum Gasteiger partial charge on any atom is 0.322 e. The number of hydrogen-bond acceptors (Lipinski definition) is 3. The fraction of sp³-hybridized carbons (Fsp3) is 0.900. The first-order chi connectivity index (χ1) is 6.15. The van der Waals surface area contributed by atoms with Crippen molar-refractivity contribution in [3.8, 4) is 0 Å². The fourth-order valence-electron chi connectivity index (χ4n) is 1.61. The molecule has 3 nitrogen and oxygen atoms in total. The van der Waals surface area contributed by atoms with Gasteiger partial charge in [-0.15, -0.1) is 0 Å². The fourth-order valence-corrected chi connectivity index (χ4v) is 1.61. The van der Waals surface area contributed by atoms with Crippen LogP contribution in [0.3, 0.4) is 0 Å². The number of nitrogens with two attached hydrogens (primary N) is 1. The van der Waals surface area contributed by atoms with Crippen LogP contribution in [0.15, 0.2) is 0 Å². The molecule has 0 aromatic carbocycles. The van der Waals surface area contributed by atoms with Crippen LogP contribution in [0, 0.1) is 11.8 Å². The van der Waals surface area contributed by atoms with Crippen molar-refractivity contribution in [2.24, 2.45) is 17.6 Å². The van der Waals surface area contributed by atoms with E-state index in [1.54, 1.807) is 0 Å². The van der Waals surface area contributed by atoms with Gasteiger partial charge in [-0.05, 0) is 37.5 Å². The van der Waals surface area contributed by atoms with Crippen molar-refractivity contribution in [2.75, 3.05) is 7.11 Å². The first-order valence-electron chi connectivity index (χ1n) is 4.98. The summed E-state index contributed by atoms with van der Waals surface area (Å²) >= 11 is 0. The Labute approximate surface area is 79.6 Å². The highest BCUT2D eigenvalue weighted by molar-refractivity contribution is 5.75. The Morgan fingerprint density at radius 2 is 2.15 bits per heavy atom. The molecule has 1 saturated carbocycles. The third kappa shape index (κ3) is 3.35. The van der Waals surface area contributed by atoms with Crippen molar-refractivity contribution in [3.05, 3.63) is 0 Å². The van der Waals surface area contributed by atoms with Crippen LogP contribution < -0.4 is 5.73 Å². The van der Waals surface area contributed by atoms with Crippen molar-refractivity contribution in [2.45, 2.75) is 38.6 Å². The van der Waals surface area contributed by atoms with Crippen LogP contribution in [0.4, 0.5) is 0 Å². The minimum Gasteiger partial charge on any atom is -0.468 e. The average Bonchev–Trinajstić information content (AvgIpc) is 2.95. The number of esters is 1. The maximum absolute atomic E-state index is 11.0. The van der Waals surface area contributed by atoms with E-state index in [1.807, 2.05) is 0 Å². The second kappa shape index (κ2) is 4.61. The molecule has 0 amide bonds. The van der Waals surface area contributed by atoms with Crippen LogP contribution >= 0.6 is 0 Å². The van der Waals surface area contributed by atoms with E-state index in [9.17, 15) is 4.79 Å². The lowest BCUT2D eigenvalue weighted by molar-refractivity contribution is -0.142. The Morgan fingerprint density at radius 1 is 1.54 bits per heavy atom. The molecule has 0 spiro atoms. The van der Waals surface area contributed by atoms with Gasteiger partial charge in [0.25, 0.3) is 0 Å². The van der Waals surface area contributed by atoms with Gasteiger partial charge in [0.15, 0.2) is 0 Å². The molecule has 0 aliphatic heterocycles. The average molecular weight is 185 g/mol. The summed E-state index contributed by atoms with van der Waals surface area (Å²) in [6.07, 6.45) is 4.51. The molecule has 13 heavy (non-hydrogen) atoms. The van der Waals surface area contributed by atoms with Crippen molar-refractivity contribution in [1.82, 2.24) is 0 Å². The molecule has 3 heteroatoms. The van der Waals surface area contributed by atoms with Gasteiger partial charge in [0.05, 0.1) is 7.11 Å². The summed E-state index contributed by atoms with van der Waals surface area (Å²) in [5.74, 6) is 1.32. The van der Waals surface area contributed by atoms with Crippen LogP contribution in [0.25, 0.3) is 0 Å². The number of rotatable bonds is 5. The molecule has 1 aliphatic carbocycles. The van der Waals surface area contributed by atoms with E-state index in [2.05, 4.69) is 11.7 Å². The van der Waals surface area contributed by atoms with Gasteiger partial charge in [-0.2, -0.15) is 0 Å². The quantitative estimate of drug-likeness (QED) is 0.657. The third-order valence-corrected chi connectivity index (χ3v) is 2.86. The molecule has 1 rings (SSSR count). The molecule has 0 radical (unpaired) electrons. The van der Waals surface area contributed by atoms with Crippen LogP contribution in [0.1, 0.15) is 32.6 Å². The molecule has 0 saturated heterocycles. The SMILES string of the molecule is COC(=O)C(N)CCC(C)C1CC1. The largest absolute Gasteiger partial charge is 0.468 e. The van der Waals surface area contributed by atoms with E-state index in [0.29, 0.717) is 0 Å². The number of carbonyl (C=O) groups is 1.